The summed E-state index contributed by atoms with van der Waals surface area (Å²) >= 11 is 5.75. The molecule has 0 aliphatic heterocycles. The first kappa shape index (κ1) is 14.3. The number of nitrogens with zero attached hydrogens (tertiary/aromatic N) is 1. The molecule has 0 N–H and O–H groups in total. The zero-order chi connectivity index (χ0) is 14.8. The largest absolute Gasteiger partial charge is 0.573 e. The zero-order valence-corrected chi connectivity index (χ0v) is 10.6. The molecule has 7 heteroatoms. The lowest BCUT2D eigenvalue weighted by Gasteiger charge is -2.09. The summed E-state index contributed by atoms with van der Waals surface area (Å²) in [7, 11) is 0. The Bertz CT molecular complexity index is 627. The summed E-state index contributed by atoms with van der Waals surface area (Å²) in [6.07, 6.45) is -4.13. The summed E-state index contributed by atoms with van der Waals surface area (Å²) in [6.45, 7) is 0. The Morgan fingerprint density at radius 1 is 1.15 bits per heavy atom. The average molecular weight is 302 g/mol. The molecular formula is C13H7ClF3NO2. The minimum absolute atomic E-state index is 0.125. The van der Waals surface area contributed by atoms with Gasteiger partial charge in [-0.15, -0.1) is 13.2 Å². The van der Waals surface area contributed by atoms with E-state index in [-0.39, 0.29) is 10.9 Å². The van der Waals surface area contributed by atoms with Gasteiger partial charge in [0.2, 0.25) is 0 Å². The van der Waals surface area contributed by atoms with E-state index in [1.807, 2.05) is 0 Å². The van der Waals surface area contributed by atoms with Crippen LogP contribution in [0.25, 0.3) is 11.3 Å². The van der Waals surface area contributed by atoms with E-state index >= 15 is 0 Å². The van der Waals surface area contributed by atoms with Crippen LogP contribution in [0.2, 0.25) is 5.15 Å². The quantitative estimate of drug-likeness (QED) is 0.632. The summed E-state index contributed by atoms with van der Waals surface area (Å²) in [4.78, 5) is 14.7. The predicted octanol–water partition coefficient (Wildman–Crippen LogP) is 4.11. The molecule has 1 aromatic carbocycles. The molecule has 0 unspecified atom stereocenters. The third-order valence-electron chi connectivity index (χ3n) is 2.34. The van der Waals surface area contributed by atoms with E-state index in [1.165, 1.54) is 24.3 Å². The van der Waals surface area contributed by atoms with Crippen LogP contribution in [-0.4, -0.2) is 17.6 Å². The van der Waals surface area contributed by atoms with Crippen molar-refractivity contribution in [2.45, 2.75) is 6.36 Å². The number of ether oxygens (including phenoxy) is 1. The Kier molecular flexibility index (Phi) is 3.94. The standard InChI is InChI=1S/C13H7ClF3NO2/c14-12-6-8(7-19)5-11(18-12)9-1-3-10(4-2-9)20-13(15,16)17/h1-7H. The Morgan fingerprint density at radius 2 is 1.80 bits per heavy atom. The zero-order valence-electron chi connectivity index (χ0n) is 9.82. The monoisotopic (exact) mass is 301 g/mol. The highest BCUT2D eigenvalue weighted by Gasteiger charge is 2.30. The topological polar surface area (TPSA) is 39.2 Å². The van der Waals surface area contributed by atoms with Gasteiger partial charge in [-0.2, -0.15) is 0 Å². The molecule has 0 radical (unpaired) electrons. The number of aldehydes is 1. The van der Waals surface area contributed by atoms with Crippen LogP contribution in [0.15, 0.2) is 36.4 Å². The van der Waals surface area contributed by atoms with E-state index < -0.39 is 6.36 Å². The van der Waals surface area contributed by atoms with E-state index in [0.717, 1.165) is 12.1 Å². The number of alkyl halides is 3. The molecule has 0 amide bonds. The molecule has 0 saturated carbocycles. The fourth-order valence-corrected chi connectivity index (χ4v) is 1.78. The van der Waals surface area contributed by atoms with Crippen molar-refractivity contribution in [2.75, 3.05) is 0 Å². The van der Waals surface area contributed by atoms with Gasteiger partial charge in [0.25, 0.3) is 0 Å². The summed E-state index contributed by atoms with van der Waals surface area (Å²) in [6, 6.07) is 7.98. The van der Waals surface area contributed by atoms with Crippen molar-refractivity contribution in [2.24, 2.45) is 0 Å². The third kappa shape index (κ3) is 3.71. The van der Waals surface area contributed by atoms with Gasteiger partial charge in [0.15, 0.2) is 0 Å². The van der Waals surface area contributed by atoms with Gasteiger partial charge < -0.3 is 4.74 Å². The molecule has 104 valence electrons. The lowest BCUT2D eigenvalue weighted by atomic mass is 10.1. The minimum atomic E-state index is -4.74. The Labute approximate surface area is 117 Å². The molecule has 0 aliphatic rings. The molecule has 0 aliphatic carbocycles. The van der Waals surface area contributed by atoms with Crippen molar-refractivity contribution in [1.29, 1.82) is 0 Å². The van der Waals surface area contributed by atoms with E-state index in [0.29, 0.717) is 23.1 Å². The number of carbonyl (C=O) groups is 1. The molecule has 1 aromatic heterocycles. The first-order valence-electron chi connectivity index (χ1n) is 5.36. The molecule has 3 nitrogen and oxygen atoms in total. The minimum Gasteiger partial charge on any atom is -0.406 e. The lowest BCUT2D eigenvalue weighted by molar-refractivity contribution is -0.274. The Balaban J connectivity index is 2.30. The average Bonchev–Trinajstić information content (AvgIpc) is 2.37. The van der Waals surface area contributed by atoms with Crippen LogP contribution in [0.1, 0.15) is 10.4 Å². The van der Waals surface area contributed by atoms with Gasteiger partial charge >= 0.3 is 6.36 Å². The predicted molar refractivity (Wildman–Crippen MR) is 66.8 cm³/mol. The highest BCUT2D eigenvalue weighted by Crippen LogP contribution is 2.26. The maximum Gasteiger partial charge on any atom is 0.573 e. The van der Waals surface area contributed by atoms with E-state index in [4.69, 9.17) is 11.6 Å². The van der Waals surface area contributed by atoms with Crippen molar-refractivity contribution in [1.82, 2.24) is 4.98 Å². The maximum atomic E-state index is 12.0. The van der Waals surface area contributed by atoms with E-state index in [1.54, 1.807) is 0 Å². The molecule has 0 fully saturated rings. The van der Waals surface area contributed by atoms with Gasteiger partial charge in [-0.05, 0) is 36.4 Å². The number of aromatic nitrogens is 1. The van der Waals surface area contributed by atoms with Gasteiger partial charge in [-0.3, -0.25) is 4.79 Å². The first-order chi connectivity index (χ1) is 9.37. The number of carbonyl (C=O) groups excluding carboxylic acids is 1. The summed E-state index contributed by atoms with van der Waals surface area (Å²) in [5.74, 6) is -0.334. The number of benzene rings is 1. The number of hydrogen-bond donors (Lipinski definition) is 0. The van der Waals surface area contributed by atoms with Crippen LogP contribution in [0.3, 0.4) is 0 Å². The second kappa shape index (κ2) is 5.50. The smallest absolute Gasteiger partial charge is 0.406 e. The number of halogens is 4. The maximum absolute atomic E-state index is 12.0. The number of hydrogen-bond acceptors (Lipinski definition) is 3. The van der Waals surface area contributed by atoms with Gasteiger partial charge in [-0.1, -0.05) is 11.6 Å². The molecular weight excluding hydrogens is 295 g/mol. The highest BCUT2D eigenvalue weighted by atomic mass is 35.5. The van der Waals surface area contributed by atoms with Crippen LogP contribution in [0, 0.1) is 0 Å². The van der Waals surface area contributed by atoms with Crippen molar-refractivity contribution in [3.63, 3.8) is 0 Å². The van der Waals surface area contributed by atoms with Crippen molar-refractivity contribution in [3.8, 4) is 17.0 Å². The molecule has 20 heavy (non-hydrogen) atoms. The lowest BCUT2D eigenvalue weighted by Crippen LogP contribution is -2.16. The first-order valence-corrected chi connectivity index (χ1v) is 5.74. The van der Waals surface area contributed by atoms with Crippen molar-refractivity contribution >= 4 is 17.9 Å². The highest BCUT2D eigenvalue weighted by molar-refractivity contribution is 6.29. The molecule has 0 spiro atoms. The second-order valence-corrected chi connectivity index (χ2v) is 4.19. The second-order valence-electron chi connectivity index (χ2n) is 3.80. The third-order valence-corrected chi connectivity index (χ3v) is 2.53. The molecule has 0 saturated heterocycles. The van der Waals surface area contributed by atoms with Crippen LogP contribution >= 0.6 is 11.6 Å². The normalized spacial score (nSPS) is 11.2. The van der Waals surface area contributed by atoms with Crippen LogP contribution in [-0.2, 0) is 0 Å². The molecule has 0 bridgehead atoms. The molecule has 2 rings (SSSR count). The van der Waals surface area contributed by atoms with Crippen LogP contribution in [0.4, 0.5) is 13.2 Å². The van der Waals surface area contributed by atoms with E-state index in [2.05, 4.69) is 9.72 Å². The van der Waals surface area contributed by atoms with Crippen LogP contribution in [0.5, 0.6) is 5.75 Å². The van der Waals surface area contributed by atoms with E-state index in [9.17, 15) is 18.0 Å². The summed E-state index contributed by atoms with van der Waals surface area (Å²) < 4.78 is 39.8. The molecule has 2 aromatic rings. The van der Waals surface area contributed by atoms with Crippen molar-refractivity contribution < 1.29 is 22.7 Å². The van der Waals surface area contributed by atoms with Gasteiger partial charge in [0.05, 0.1) is 5.69 Å². The number of rotatable bonds is 3. The Hall–Kier alpha value is -2.08. The fourth-order valence-electron chi connectivity index (χ4n) is 1.56. The van der Waals surface area contributed by atoms with Crippen molar-refractivity contribution in [3.05, 3.63) is 47.1 Å². The fraction of sp³-hybridized carbons (Fsp3) is 0.0769. The van der Waals surface area contributed by atoms with Gasteiger partial charge in [-0.25, -0.2) is 4.98 Å². The Morgan fingerprint density at radius 3 is 2.35 bits per heavy atom. The summed E-state index contributed by atoms with van der Waals surface area (Å²) in [5, 5.41) is 0.125. The van der Waals surface area contributed by atoms with Gasteiger partial charge in [0.1, 0.15) is 17.2 Å². The SMILES string of the molecule is O=Cc1cc(Cl)nc(-c2ccc(OC(F)(F)F)cc2)c1. The number of pyridine rings is 1. The molecule has 0 atom stereocenters. The molecule has 1 heterocycles. The van der Waals surface area contributed by atoms with Gasteiger partial charge in [0, 0.05) is 11.1 Å². The van der Waals surface area contributed by atoms with Crippen LogP contribution < -0.4 is 4.74 Å². The summed E-state index contributed by atoms with van der Waals surface area (Å²) in [5.41, 5.74) is 1.24.